The number of rotatable bonds is 11. The Balaban J connectivity index is 2.06. The number of carbonyl (C=O) groups excluding carboxylic acids is 2. The number of nitrogens with zero attached hydrogens (tertiary/aromatic N) is 2. The molecule has 0 bridgehead atoms. The van der Waals surface area contributed by atoms with Gasteiger partial charge in [-0.05, 0) is 37.3 Å². The van der Waals surface area contributed by atoms with Gasteiger partial charge < -0.3 is 10.6 Å². The highest BCUT2D eigenvalue weighted by Crippen LogP contribution is 2.19. The summed E-state index contributed by atoms with van der Waals surface area (Å²) < 4.78 is 0. The Bertz CT molecular complexity index is 849. The number of aryl methyl sites for hydroxylation is 1. The molecule has 9 heteroatoms. The van der Waals surface area contributed by atoms with Crippen LogP contribution in [0, 0.1) is 6.92 Å². The van der Waals surface area contributed by atoms with E-state index in [0.717, 1.165) is 29.1 Å². The summed E-state index contributed by atoms with van der Waals surface area (Å²) in [6.07, 6.45) is 4.86. The van der Waals surface area contributed by atoms with Gasteiger partial charge in [-0.2, -0.15) is 11.8 Å². The van der Waals surface area contributed by atoms with Crippen LogP contribution in [0.2, 0.25) is 5.02 Å². The molecular formula is C21H27ClN4O2S2. The van der Waals surface area contributed by atoms with Crippen molar-refractivity contribution < 1.29 is 9.59 Å². The van der Waals surface area contributed by atoms with Crippen molar-refractivity contribution >= 4 is 46.9 Å². The normalized spacial score (nSPS) is 11.7. The smallest absolute Gasteiger partial charge is 0.272 e. The first-order valence-corrected chi connectivity index (χ1v) is 12.5. The fraction of sp³-hybridized carbons (Fsp3) is 0.429. The molecule has 2 amide bonds. The van der Waals surface area contributed by atoms with Crippen molar-refractivity contribution in [1.82, 2.24) is 20.6 Å². The number of aromatic nitrogens is 2. The van der Waals surface area contributed by atoms with Crippen LogP contribution in [0.15, 0.2) is 35.6 Å². The third-order valence-corrected chi connectivity index (χ3v) is 6.18. The Kier molecular flexibility index (Phi) is 10.5. The van der Waals surface area contributed by atoms with E-state index < -0.39 is 11.9 Å². The highest BCUT2D eigenvalue weighted by Gasteiger charge is 2.23. The van der Waals surface area contributed by atoms with Gasteiger partial charge in [-0.1, -0.05) is 60.1 Å². The lowest BCUT2D eigenvalue weighted by atomic mass is 10.1. The monoisotopic (exact) mass is 466 g/mol. The van der Waals surface area contributed by atoms with Gasteiger partial charge in [0.05, 0.1) is 11.2 Å². The Morgan fingerprint density at radius 3 is 2.60 bits per heavy atom. The number of benzene rings is 1. The molecule has 2 rings (SSSR count). The van der Waals surface area contributed by atoms with Gasteiger partial charge in [-0.15, -0.1) is 0 Å². The molecule has 1 aromatic carbocycles. The molecule has 0 radical (unpaired) electrons. The molecule has 0 aliphatic carbocycles. The van der Waals surface area contributed by atoms with Crippen molar-refractivity contribution in [3.05, 3.63) is 52.3 Å². The van der Waals surface area contributed by atoms with Gasteiger partial charge in [0.1, 0.15) is 6.04 Å². The lowest BCUT2D eigenvalue weighted by molar-refractivity contribution is -0.123. The lowest BCUT2D eigenvalue weighted by Gasteiger charge is -2.18. The summed E-state index contributed by atoms with van der Waals surface area (Å²) in [6, 6.07) is 7.27. The van der Waals surface area contributed by atoms with Crippen molar-refractivity contribution in [2.75, 3.05) is 17.8 Å². The largest absolute Gasteiger partial charge is 0.350 e. The Morgan fingerprint density at radius 2 is 1.93 bits per heavy atom. The van der Waals surface area contributed by atoms with Crippen LogP contribution in [0.3, 0.4) is 0 Å². The van der Waals surface area contributed by atoms with Gasteiger partial charge >= 0.3 is 0 Å². The number of amides is 2. The van der Waals surface area contributed by atoms with Crippen LogP contribution in [0.25, 0.3) is 0 Å². The van der Waals surface area contributed by atoms with Crippen molar-refractivity contribution in [2.45, 2.75) is 44.4 Å². The van der Waals surface area contributed by atoms with Crippen LogP contribution in [0.1, 0.15) is 41.4 Å². The van der Waals surface area contributed by atoms with E-state index in [2.05, 4.69) is 27.5 Å². The van der Waals surface area contributed by atoms with Crippen molar-refractivity contribution in [3.63, 3.8) is 0 Å². The summed E-state index contributed by atoms with van der Waals surface area (Å²) >= 11 is 9.22. The minimum atomic E-state index is -0.673. The molecule has 0 fully saturated rings. The Morgan fingerprint density at radius 1 is 1.20 bits per heavy atom. The molecule has 0 saturated heterocycles. The third kappa shape index (κ3) is 7.81. The zero-order valence-electron chi connectivity index (χ0n) is 17.4. The Labute approximate surface area is 191 Å². The van der Waals surface area contributed by atoms with Gasteiger partial charge in [-0.3, -0.25) is 9.59 Å². The van der Waals surface area contributed by atoms with Crippen LogP contribution in [0.4, 0.5) is 0 Å². The molecule has 0 unspecified atom stereocenters. The van der Waals surface area contributed by atoms with Gasteiger partial charge in [0.2, 0.25) is 5.91 Å². The van der Waals surface area contributed by atoms with Crippen LogP contribution in [-0.4, -0.2) is 45.6 Å². The molecule has 6 nitrogen and oxygen atoms in total. The summed E-state index contributed by atoms with van der Waals surface area (Å²) in [7, 11) is 0. The maximum absolute atomic E-state index is 12.8. The molecular weight excluding hydrogens is 440 g/mol. The molecule has 1 heterocycles. The minimum absolute atomic E-state index is 0.0887. The first-order valence-electron chi connectivity index (χ1n) is 9.73. The summed E-state index contributed by atoms with van der Waals surface area (Å²) in [5.74, 6) is 0.874. The summed E-state index contributed by atoms with van der Waals surface area (Å²) in [5.41, 5.74) is 2.25. The van der Waals surface area contributed by atoms with E-state index in [4.69, 9.17) is 11.6 Å². The zero-order chi connectivity index (χ0) is 21.9. The second-order valence-electron chi connectivity index (χ2n) is 6.71. The van der Waals surface area contributed by atoms with Crippen molar-refractivity contribution in [2.24, 2.45) is 0 Å². The SMILES string of the molecule is CCCSc1ncc(Cl)c(C(=O)N[C@@H](CCSC)C(=O)NCc2ccc(C)cc2)n1. The Hall–Kier alpha value is -1.77. The standard InChI is InChI=1S/C21H27ClN4O2S2/c1-4-10-30-21-24-13-16(22)18(26-21)20(28)25-17(9-11-29-3)19(27)23-12-15-7-5-14(2)6-8-15/h5-8,13,17H,4,9-12H2,1-3H3,(H,23,27)(H,25,28)/t17-/m0/s1. The fourth-order valence-corrected chi connectivity index (χ4v) is 3.84. The van der Waals surface area contributed by atoms with Crippen molar-refractivity contribution in [3.8, 4) is 0 Å². The average Bonchev–Trinajstić information content (AvgIpc) is 2.75. The maximum Gasteiger partial charge on any atom is 0.272 e. The number of halogens is 1. The predicted octanol–water partition coefficient (Wildman–Crippen LogP) is 4.11. The van der Waals surface area contributed by atoms with E-state index in [1.807, 2.05) is 37.4 Å². The van der Waals surface area contributed by atoms with E-state index >= 15 is 0 Å². The molecule has 30 heavy (non-hydrogen) atoms. The molecule has 0 saturated carbocycles. The molecule has 2 N–H and O–H groups in total. The third-order valence-electron chi connectivity index (χ3n) is 4.19. The summed E-state index contributed by atoms with van der Waals surface area (Å²) in [6.45, 7) is 4.47. The summed E-state index contributed by atoms with van der Waals surface area (Å²) in [5, 5.41) is 6.35. The minimum Gasteiger partial charge on any atom is -0.350 e. The zero-order valence-corrected chi connectivity index (χ0v) is 19.8. The van der Waals surface area contributed by atoms with E-state index in [0.29, 0.717) is 18.1 Å². The lowest BCUT2D eigenvalue weighted by Crippen LogP contribution is -2.47. The maximum atomic E-state index is 12.8. The number of nitrogens with one attached hydrogen (secondary N) is 2. The fourth-order valence-electron chi connectivity index (χ4n) is 2.52. The predicted molar refractivity (Wildman–Crippen MR) is 125 cm³/mol. The second kappa shape index (κ2) is 12.8. The molecule has 1 atom stereocenters. The van der Waals surface area contributed by atoms with Gasteiger partial charge in [0.25, 0.3) is 5.91 Å². The number of carbonyl (C=O) groups is 2. The van der Waals surface area contributed by atoms with E-state index in [1.54, 1.807) is 11.8 Å². The van der Waals surface area contributed by atoms with Crippen molar-refractivity contribution in [1.29, 1.82) is 0 Å². The van der Waals surface area contributed by atoms with Crippen LogP contribution < -0.4 is 10.6 Å². The molecule has 0 aliphatic heterocycles. The average molecular weight is 467 g/mol. The van der Waals surface area contributed by atoms with E-state index in [1.165, 1.54) is 18.0 Å². The molecule has 2 aromatic rings. The first-order chi connectivity index (χ1) is 14.4. The van der Waals surface area contributed by atoms with E-state index in [-0.39, 0.29) is 16.6 Å². The number of thioether (sulfide) groups is 2. The van der Waals surface area contributed by atoms with E-state index in [9.17, 15) is 9.59 Å². The van der Waals surface area contributed by atoms with Crippen LogP contribution >= 0.6 is 35.1 Å². The van der Waals surface area contributed by atoms with Crippen LogP contribution in [-0.2, 0) is 11.3 Å². The van der Waals surface area contributed by atoms with Gasteiger partial charge in [0, 0.05) is 12.3 Å². The second-order valence-corrected chi connectivity index (χ2v) is 9.16. The van der Waals surface area contributed by atoms with Gasteiger partial charge in [0.15, 0.2) is 10.9 Å². The molecule has 0 spiro atoms. The first kappa shape index (κ1) is 24.5. The molecule has 1 aromatic heterocycles. The molecule has 0 aliphatic rings. The van der Waals surface area contributed by atoms with Crippen LogP contribution in [0.5, 0.6) is 0 Å². The topological polar surface area (TPSA) is 84.0 Å². The quantitative estimate of drug-likeness (QED) is 0.383. The highest BCUT2D eigenvalue weighted by atomic mass is 35.5. The molecule has 162 valence electrons. The number of hydrogen-bond acceptors (Lipinski definition) is 6. The highest BCUT2D eigenvalue weighted by molar-refractivity contribution is 7.99. The number of hydrogen-bond donors (Lipinski definition) is 2. The van der Waals surface area contributed by atoms with Gasteiger partial charge in [-0.25, -0.2) is 9.97 Å². The summed E-state index contributed by atoms with van der Waals surface area (Å²) in [4.78, 5) is 34.0.